The van der Waals surface area contributed by atoms with Gasteiger partial charge in [0.1, 0.15) is 0 Å². The zero-order valence-corrected chi connectivity index (χ0v) is 6.69. The van der Waals surface area contributed by atoms with Crippen molar-refractivity contribution in [3.05, 3.63) is 23.6 Å². The molecule has 0 aromatic carbocycles. The van der Waals surface area contributed by atoms with Crippen LogP contribution in [0, 0.1) is 0 Å². The molecular formula is C6H11NO2S. The maximum atomic E-state index is 10.6. The Labute approximate surface area is 61.3 Å². The van der Waals surface area contributed by atoms with Crippen LogP contribution in [0.3, 0.4) is 0 Å². The summed E-state index contributed by atoms with van der Waals surface area (Å²) in [6.45, 7) is 5.15. The van der Waals surface area contributed by atoms with Gasteiger partial charge in [0.05, 0.1) is 4.91 Å². The number of sulfonamides is 1. The van der Waals surface area contributed by atoms with Crippen LogP contribution in [-0.4, -0.2) is 8.42 Å². The molecule has 10 heavy (non-hydrogen) atoms. The highest BCUT2D eigenvalue weighted by molar-refractivity contribution is 7.93. The van der Waals surface area contributed by atoms with E-state index in [0.717, 1.165) is 0 Å². The normalized spacial score (nSPS) is 13.2. The van der Waals surface area contributed by atoms with Crippen molar-refractivity contribution in [2.24, 2.45) is 5.14 Å². The van der Waals surface area contributed by atoms with E-state index in [9.17, 15) is 8.42 Å². The molecule has 4 heteroatoms. The van der Waals surface area contributed by atoms with Crippen molar-refractivity contribution < 1.29 is 8.42 Å². The molecule has 58 valence electrons. The minimum Gasteiger partial charge on any atom is -0.225 e. The van der Waals surface area contributed by atoms with Gasteiger partial charge in [0.25, 0.3) is 0 Å². The number of rotatable bonds is 3. The summed E-state index contributed by atoms with van der Waals surface area (Å²) in [5, 5.41) is 4.81. The number of primary sulfonamides is 1. The zero-order valence-electron chi connectivity index (χ0n) is 5.87. The van der Waals surface area contributed by atoms with Crippen molar-refractivity contribution in [2.75, 3.05) is 0 Å². The predicted octanol–water partition coefficient (Wildman–Crippen LogP) is 0.755. The lowest BCUT2D eigenvalue weighted by Gasteiger charge is -1.94. The Hall–Kier alpha value is -0.610. The molecule has 0 unspecified atom stereocenters. The summed E-state index contributed by atoms with van der Waals surface area (Å²) in [5.74, 6) is 0. The Morgan fingerprint density at radius 1 is 1.70 bits per heavy atom. The summed E-state index contributed by atoms with van der Waals surface area (Å²) < 4.78 is 21.2. The highest BCUT2D eigenvalue weighted by atomic mass is 32.2. The Bertz CT molecular complexity index is 238. The van der Waals surface area contributed by atoms with Gasteiger partial charge in [-0.05, 0) is 12.5 Å². The van der Waals surface area contributed by atoms with E-state index in [1.807, 2.05) is 6.92 Å². The minimum absolute atomic E-state index is 0.0926. The average molecular weight is 161 g/mol. The second-order valence-corrected chi connectivity index (χ2v) is 3.33. The maximum Gasteiger partial charge on any atom is 0.237 e. The van der Waals surface area contributed by atoms with Crippen LogP contribution in [-0.2, 0) is 10.0 Å². The summed E-state index contributed by atoms with van der Waals surface area (Å²) in [6.07, 6.45) is 3.39. The minimum atomic E-state index is -3.53. The van der Waals surface area contributed by atoms with Gasteiger partial charge >= 0.3 is 0 Å². The van der Waals surface area contributed by atoms with Crippen LogP contribution in [0.4, 0.5) is 0 Å². The molecule has 0 amide bonds. The van der Waals surface area contributed by atoms with Crippen LogP contribution in [0.5, 0.6) is 0 Å². The van der Waals surface area contributed by atoms with Crippen molar-refractivity contribution in [1.29, 1.82) is 0 Å². The zero-order chi connectivity index (χ0) is 8.20. The quantitative estimate of drug-likeness (QED) is 0.621. The van der Waals surface area contributed by atoms with Crippen molar-refractivity contribution in [3.8, 4) is 0 Å². The molecule has 0 rings (SSSR count). The molecule has 0 radical (unpaired) electrons. The Morgan fingerprint density at radius 3 is 2.30 bits per heavy atom. The molecule has 0 bridgehead atoms. The summed E-state index contributed by atoms with van der Waals surface area (Å²) in [7, 11) is -3.53. The Balaban J connectivity index is 4.71. The van der Waals surface area contributed by atoms with Gasteiger partial charge in [0.2, 0.25) is 10.0 Å². The molecule has 3 nitrogen and oxygen atoms in total. The van der Waals surface area contributed by atoms with E-state index in [4.69, 9.17) is 5.14 Å². The number of hydrogen-bond donors (Lipinski definition) is 1. The second-order valence-electron chi connectivity index (χ2n) is 1.76. The van der Waals surface area contributed by atoms with Gasteiger partial charge < -0.3 is 0 Å². The van der Waals surface area contributed by atoms with Crippen LogP contribution in [0.25, 0.3) is 0 Å². The summed E-state index contributed by atoms with van der Waals surface area (Å²) in [6, 6.07) is 0. The molecule has 0 aliphatic rings. The van der Waals surface area contributed by atoms with Crippen molar-refractivity contribution in [1.82, 2.24) is 0 Å². The monoisotopic (exact) mass is 161 g/mol. The summed E-state index contributed by atoms with van der Waals surface area (Å²) in [4.78, 5) is 0.0926. The summed E-state index contributed by atoms with van der Waals surface area (Å²) >= 11 is 0. The van der Waals surface area contributed by atoms with Crippen molar-refractivity contribution in [2.45, 2.75) is 13.3 Å². The standard InChI is InChI=1S/C6H11NO2S/c1-3-5-6(4-2)10(7,8)9/h4-5H,2-3H2,1H3,(H2,7,8,9)/b6-5+. The van der Waals surface area contributed by atoms with E-state index in [1.54, 1.807) is 0 Å². The van der Waals surface area contributed by atoms with Gasteiger partial charge in [-0.25, -0.2) is 13.6 Å². The first kappa shape index (κ1) is 9.39. The van der Waals surface area contributed by atoms with Crippen LogP contribution in [0.15, 0.2) is 23.6 Å². The van der Waals surface area contributed by atoms with E-state index in [0.29, 0.717) is 6.42 Å². The predicted molar refractivity (Wildman–Crippen MR) is 41.7 cm³/mol. The lowest BCUT2D eigenvalue weighted by molar-refractivity contribution is 0.604. The van der Waals surface area contributed by atoms with E-state index >= 15 is 0 Å². The fourth-order valence-electron chi connectivity index (χ4n) is 0.517. The molecule has 0 aliphatic heterocycles. The first-order valence-electron chi connectivity index (χ1n) is 2.87. The molecule has 0 heterocycles. The van der Waals surface area contributed by atoms with Gasteiger partial charge in [0, 0.05) is 0 Å². The third-order valence-corrected chi connectivity index (χ3v) is 1.93. The Kier molecular flexibility index (Phi) is 3.32. The van der Waals surface area contributed by atoms with E-state index in [-0.39, 0.29) is 4.91 Å². The fraction of sp³-hybridized carbons (Fsp3) is 0.333. The van der Waals surface area contributed by atoms with Gasteiger partial charge in [-0.1, -0.05) is 19.6 Å². The van der Waals surface area contributed by atoms with Gasteiger partial charge in [-0.3, -0.25) is 0 Å². The number of nitrogens with two attached hydrogens (primary N) is 1. The number of hydrogen-bond acceptors (Lipinski definition) is 2. The third kappa shape index (κ3) is 2.80. The Morgan fingerprint density at radius 2 is 2.20 bits per heavy atom. The van der Waals surface area contributed by atoms with Gasteiger partial charge in [0.15, 0.2) is 0 Å². The van der Waals surface area contributed by atoms with Crippen LogP contribution in [0.2, 0.25) is 0 Å². The maximum absolute atomic E-state index is 10.6. The largest absolute Gasteiger partial charge is 0.237 e. The van der Waals surface area contributed by atoms with Gasteiger partial charge in [-0.2, -0.15) is 0 Å². The highest BCUT2D eigenvalue weighted by Crippen LogP contribution is 2.02. The molecule has 0 aliphatic carbocycles. The van der Waals surface area contributed by atoms with Crippen LogP contribution >= 0.6 is 0 Å². The van der Waals surface area contributed by atoms with Crippen molar-refractivity contribution >= 4 is 10.0 Å². The second kappa shape index (κ2) is 3.53. The molecule has 0 aromatic heterocycles. The molecule has 0 atom stereocenters. The fourth-order valence-corrected chi connectivity index (χ4v) is 1.15. The van der Waals surface area contributed by atoms with E-state index < -0.39 is 10.0 Å². The molecule has 0 aromatic rings. The molecule has 0 saturated carbocycles. The smallest absolute Gasteiger partial charge is 0.225 e. The summed E-state index contributed by atoms with van der Waals surface area (Å²) in [5.41, 5.74) is 0. The molecule has 2 N–H and O–H groups in total. The first-order chi connectivity index (χ1) is 4.52. The van der Waals surface area contributed by atoms with Crippen LogP contribution < -0.4 is 5.14 Å². The SMILES string of the molecule is C=C/C(=C\CC)S(N)(=O)=O. The van der Waals surface area contributed by atoms with E-state index in [1.165, 1.54) is 12.2 Å². The lowest BCUT2D eigenvalue weighted by Crippen LogP contribution is -2.12. The molecule has 0 fully saturated rings. The molecule has 0 saturated heterocycles. The topological polar surface area (TPSA) is 60.2 Å². The molecular weight excluding hydrogens is 150 g/mol. The highest BCUT2D eigenvalue weighted by Gasteiger charge is 2.05. The first-order valence-corrected chi connectivity index (χ1v) is 4.42. The average Bonchev–Trinajstić information content (AvgIpc) is 1.80. The van der Waals surface area contributed by atoms with Crippen molar-refractivity contribution in [3.63, 3.8) is 0 Å². The third-order valence-electron chi connectivity index (χ3n) is 0.935. The number of allylic oxidation sites excluding steroid dienone is 2. The molecule has 0 spiro atoms. The van der Waals surface area contributed by atoms with Crippen LogP contribution in [0.1, 0.15) is 13.3 Å². The lowest BCUT2D eigenvalue weighted by atomic mass is 10.4. The van der Waals surface area contributed by atoms with Gasteiger partial charge in [-0.15, -0.1) is 0 Å². The van der Waals surface area contributed by atoms with E-state index in [2.05, 4.69) is 6.58 Å².